The van der Waals surface area contributed by atoms with Crippen LogP contribution >= 0.6 is 11.6 Å². The van der Waals surface area contributed by atoms with Gasteiger partial charge in [-0.05, 0) is 60.5 Å². The fourth-order valence-corrected chi connectivity index (χ4v) is 3.26. The van der Waals surface area contributed by atoms with E-state index in [4.69, 9.17) is 16.3 Å². The Balaban J connectivity index is 1.46. The first-order valence-electron chi connectivity index (χ1n) is 9.24. The Kier molecular flexibility index (Phi) is 5.45. The number of anilines is 1. The third kappa shape index (κ3) is 4.39. The smallest absolute Gasteiger partial charge is 0.280 e. The van der Waals surface area contributed by atoms with E-state index in [1.165, 1.54) is 5.01 Å². The molecule has 29 heavy (non-hydrogen) atoms. The van der Waals surface area contributed by atoms with E-state index in [0.29, 0.717) is 22.9 Å². The van der Waals surface area contributed by atoms with Crippen LogP contribution in [-0.4, -0.2) is 11.6 Å². The van der Waals surface area contributed by atoms with Crippen molar-refractivity contribution in [1.82, 2.24) is 0 Å². The zero-order chi connectivity index (χ0) is 20.2. The van der Waals surface area contributed by atoms with Gasteiger partial charge in [0.2, 0.25) is 0 Å². The van der Waals surface area contributed by atoms with Gasteiger partial charge in [-0.2, -0.15) is 10.1 Å². The monoisotopic (exact) mass is 402 g/mol. The van der Waals surface area contributed by atoms with Crippen LogP contribution in [0.1, 0.15) is 18.1 Å². The predicted octanol–water partition coefficient (Wildman–Crippen LogP) is 5.73. The number of hydrogen-bond acceptors (Lipinski definition) is 3. The van der Waals surface area contributed by atoms with Crippen molar-refractivity contribution in [2.24, 2.45) is 5.10 Å². The molecule has 4 rings (SSSR count). The second-order valence-electron chi connectivity index (χ2n) is 6.68. The van der Waals surface area contributed by atoms with Gasteiger partial charge in [0.25, 0.3) is 5.91 Å². The van der Waals surface area contributed by atoms with Crippen LogP contribution in [0.3, 0.4) is 0 Å². The minimum Gasteiger partial charge on any atom is -0.489 e. The van der Waals surface area contributed by atoms with Crippen molar-refractivity contribution in [3.8, 4) is 5.75 Å². The van der Waals surface area contributed by atoms with Gasteiger partial charge in [-0.1, -0.05) is 54.1 Å². The minimum atomic E-state index is -0.130. The molecule has 144 valence electrons. The van der Waals surface area contributed by atoms with E-state index in [-0.39, 0.29) is 5.91 Å². The molecule has 4 nitrogen and oxygen atoms in total. The highest BCUT2D eigenvalue weighted by molar-refractivity contribution is 6.32. The van der Waals surface area contributed by atoms with Crippen LogP contribution in [0.25, 0.3) is 6.08 Å². The number of rotatable bonds is 5. The van der Waals surface area contributed by atoms with E-state index < -0.39 is 0 Å². The van der Waals surface area contributed by atoms with Gasteiger partial charge < -0.3 is 4.74 Å². The van der Waals surface area contributed by atoms with E-state index in [0.717, 1.165) is 22.6 Å². The number of amides is 1. The van der Waals surface area contributed by atoms with Crippen LogP contribution < -0.4 is 9.75 Å². The number of carbonyl (C=O) groups is 1. The highest BCUT2D eigenvalue weighted by atomic mass is 35.5. The fraction of sp³-hybridized carbons (Fsp3) is 0.0833. The van der Waals surface area contributed by atoms with Gasteiger partial charge in [-0.25, -0.2) is 0 Å². The third-order valence-electron chi connectivity index (χ3n) is 4.55. The molecule has 0 radical (unpaired) electrons. The molecule has 0 spiro atoms. The maximum absolute atomic E-state index is 12.8. The van der Waals surface area contributed by atoms with Crippen LogP contribution in [-0.2, 0) is 11.4 Å². The zero-order valence-electron chi connectivity index (χ0n) is 15.9. The maximum Gasteiger partial charge on any atom is 0.280 e. The van der Waals surface area contributed by atoms with E-state index in [1.807, 2.05) is 91.9 Å². The van der Waals surface area contributed by atoms with Gasteiger partial charge in [0, 0.05) is 5.02 Å². The number of para-hydroxylation sites is 1. The summed E-state index contributed by atoms with van der Waals surface area (Å²) in [6.45, 7) is 2.28. The maximum atomic E-state index is 12.8. The average molecular weight is 403 g/mol. The van der Waals surface area contributed by atoms with Crippen molar-refractivity contribution in [1.29, 1.82) is 0 Å². The lowest BCUT2D eigenvalue weighted by atomic mass is 10.1. The lowest BCUT2D eigenvalue weighted by Gasteiger charge is -2.11. The van der Waals surface area contributed by atoms with Gasteiger partial charge >= 0.3 is 0 Å². The molecular weight excluding hydrogens is 384 g/mol. The summed E-state index contributed by atoms with van der Waals surface area (Å²) in [6.07, 6.45) is 1.85. The number of hydrazone groups is 1. The topological polar surface area (TPSA) is 41.9 Å². The van der Waals surface area contributed by atoms with Crippen LogP contribution in [0.2, 0.25) is 5.02 Å². The summed E-state index contributed by atoms with van der Waals surface area (Å²) >= 11 is 6.00. The van der Waals surface area contributed by atoms with E-state index in [9.17, 15) is 4.79 Å². The second-order valence-corrected chi connectivity index (χ2v) is 7.12. The van der Waals surface area contributed by atoms with Crippen LogP contribution in [0, 0.1) is 0 Å². The lowest BCUT2D eigenvalue weighted by molar-refractivity contribution is -0.114. The Labute approximate surface area is 174 Å². The Bertz CT molecular complexity index is 1090. The predicted molar refractivity (Wildman–Crippen MR) is 117 cm³/mol. The minimum absolute atomic E-state index is 0.130. The first-order valence-corrected chi connectivity index (χ1v) is 9.62. The Morgan fingerprint density at radius 1 is 1.00 bits per heavy atom. The number of benzene rings is 3. The normalized spacial score (nSPS) is 15.0. The molecule has 1 heterocycles. The number of halogens is 1. The Morgan fingerprint density at radius 3 is 2.48 bits per heavy atom. The first kappa shape index (κ1) is 19.0. The molecule has 3 aromatic rings. The average Bonchev–Trinajstić information content (AvgIpc) is 3.02. The summed E-state index contributed by atoms with van der Waals surface area (Å²) in [7, 11) is 0. The largest absolute Gasteiger partial charge is 0.489 e. The molecule has 0 unspecified atom stereocenters. The second kappa shape index (κ2) is 8.33. The van der Waals surface area contributed by atoms with Crippen LogP contribution in [0.15, 0.2) is 89.5 Å². The van der Waals surface area contributed by atoms with Gasteiger partial charge in [0.05, 0.1) is 17.0 Å². The van der Waals surface area contributed by atoms with E-state index >= 15 is 0 Å². The fourth-order valence-electron chi connectivity index (χ4n) is 3.05. The lowest BCUT2D eigenvalue weighted by Crippen LogP contribution is -2.21. The number of nitrogens with zero attached hydrogens (tertiary/aromatic N) is 2. The van der Waals surface area contributed by atoms with Crippen molar-refractivity contribution < 1.29 is 9.53 Å². The SMILES string of the molecule is CC1=NN(c2ccccc2)C(=O)/C1=C/c1ccc(OCc2cccc(Cl)c2)cc1. The summed E-state index contributed by atoms with van der Waals surface area (Å²) < 4.78 is 5.81. The molecule has 0 saturated carbocycles. The van der Waals surface area contributed by atoms with Crippen molar-refractivity contribution in [2.75, 3.05) is 5.01 Å². The Hall–Kier alpha value is -3.37. The standard InChI is InChI=1S/C24H19ClN2O2/c1-17-23(24(28)27(26-17)21-8-3-2-4-9-21)15-18-10-12-22(13-11-18)29-16-19-6-5-7-20(25)14-19/h2-15H,16H2,1H3/b23-15+. The molecule has 0 bridgehead atoms. The molecule has 0 saturated heterocycles. The molecule has 5 heteroatoms. The quantitative estimate of drug-likeness (QED) is 0.512. The molecule has 1 aliphatic heterocycles. The summed E-state index contributed by atoms with van der Waals surface area (Å²) in [4.78, 5) is 12.8. The molecule has 0 aromatic heterocycles. The van der Waals surface area contributed by atoms with Crippen molar-refractivity contribution in [3.05, 3.63) is 101 Å². The van der Waals surface area contributed by atoms with Gasteiger partial charge in [-0.3, -0.25) is 4.79 Å². The van der Waals surface area contributed by atoms with Gasteiger partial charge in [0.15, 0.2) is 0 Å². The molecule has 0 fully saturated rings. The Morgan fingerprint density at radius 2 is 1.76 bits per heavy atom. The summed E-state index contributed by atoms with van der Waals surface area (Å²) in [5, 5.41) is 6.53. The molecular formula is C24H19ClN2O2. The van der Waals surface area contributed by atoms with E-state index in [1.54, 1.807) is 0 Å². The molecule has 0 N–H and O–H groups in total. The van der Waals surface area contributed by atoms with Crippen molar-refractivity contribution in [3.63, 3.8) is 0 Å². The number of carbonyl (C=O) groups excluding carboxylic acids is 1. The van der Waals surface area contributed by atoms with E-state index in [2.05, 4.69) is 5.10 Å². The molecule has 1 amide bonds. The third-order valence-corrected chi connectivity index (χ3v) is 4.78. The molecule has 0 aliphatic carbocycles. The van der Waals surface area contributed by atoms with Crippen LogP contribution in [0.4, 0.5) is 5.69 Å². The summed E-state index contributed by atoms with van der Waals surface area (Å²) in [5.41, 5.74) is 3.95. The number of hydrogen-bond donors (Lipinski definition) is 0. The highest BCUT2D eigenvalue weighted by Gasteiger charge is 2.28. The molecule has 3 aromatic carbocycles. The van der Waals surface area contributed by atoms with Crippen LogP contribution in [0.5, 0.6) is 5.75 Å². The van der Waals surface area contributed by atoms with Gasteiger partial charge in [0.1, 0.15) is 12.4 Å². The molecule has 1 aliphatic rings. The first-order chi connectivity index (χ1) is 14.1. The zero-order valence-corrected chi connectivity index (χ0v) is 16.6. The summed E-state index contributed by atoms with van der Waals surface area (Å²) in [6, 6.07) is 24.6. The van der Waals surface area contributed by atoms with Crippen molar-refractivity contribution in [2.45, 2.75) is 13.5 Å². The molecule has 0 atom stereocenters. The van der Waals surface area contributed by atoms with Crippen molar-refractivity contribution >= 4 is 35.0 Å². The number of ether oxygens (including phenoxy) is 1. The highest BCUT2D eigenvalue weighted by Crippen LogP contribution is 2.25. The summed E-state index contributed by atoms with van der Waals surface area (Å²) in [5.74, 6) is 0.621. The van der Waals surface area contributed by atoms with Gasteiger partial charge in [-0.15, -0.1) is 0 Å².